The van der Waals surface area contributed by atoms with Crippen molar-refractivity contribution in [2.45, 2.75) is 0 Å². The maximum absolute atomic E-state index is 9.53. The third kappa shape index (κ3) is 6.14. The van der Waals surface area contributed by atoms with Gasteiger partial charge in [0.15, 0.2) is 17.5 Å². The van der Waals surface area contributed by atoms with Crippen molar-refractivity contribution in [2.24, 2.45) is 0 Å². The molecule has 0 aliphatic rings. The molecule has 0 spiro atoms. The first-order valence-corrected chi connectivity index (χ1v) is 21.3. The minimum absolute atomic E-state index is 0.591. The fraction of sp³-hybridized carbons (Fsp3) is 0. The molecule has 0 unspecified atom stereocenters. The number of hydrogen-bond acceptors (Lipinski definition) is 4. The summed E-state index contributed by atoms with van der Waals surface area (Å²) in [6.45, 7) is 0. The first-order chi connectivity index (χ1) is 31.7. The molecule has 0 aliphatic heterocycles. The SMILES string of the molecule is N#Cc1ccc(-c2ccc3c4ccccc4n(-c4cc5c(cc4-c4ccccc4)c4ccccc4n5-c4ccccc4-c4nc(-c5ccccc5)nc(-c5ccccc5)n4)c3c2)cc1. The highest BCUT2D eigenvalue weighted by atomic mass is 15.1. The molecule has 0 atom stereocenters. The van der Waals surface area contributed by atoms with Crippen LogP contribution in [0, 0.1) is 11.3 Å². The molecule has 0 amide bonds. The highest BCUT2D eigenvalue weighted by molar-refractivity contribution is 6.14. The summed E-state index contributed by atoms with van der Waals surface area (Å²) in [6, 6.07) is 78.2. The molecule has 6 heteroatoms. The molecule has 3 heterocycles. The van der Waals surface area contributed by atoms with Crippen LogP contribution in [-0.4, -0.2) is 24.1 Å². The van der Waals surface area contributed by atoms with Gasteiger partial charge in [-0.05, 0) is 71.3 Å². The first-order valence-electron chi connectivity index (χ1n) is 21.3. The standard InChI is InChI=1S/C58H36N6/c59-37-38-28-30-39(31-29-38)43-32-33-46-44-22-10-13-25-50(44)64(53(46)34-43)54-36-55-49(35-48(54)40-16-4-1-5-17-40)45-23-11-14-26-51(45)63(55)52-27-15-12-24-47(52)58-61-56(41-18-6-2-7-19-41)60-57(62-58)42-20-8-3-9-21-42/h1-36H. The average Bonchev–Trinajstić information content (AvgIpc) is 3.88. The molecular formula is C58H36N6. The Hall–Kier alpha value is -8.92. The number of nitriles is 1. The zero-order chi connectivity index (χ0) is 42.6. The Kier molecular flexibility index (Phi) is 8.77. The van der Waals surface area contributed by atoms with Crippen LogP contribution in [0.4, 0.5) is 0 Å². The lowest BCUT2D eigenvalue weighted by molar-refractivity contribution is 1.06. The maximum Gasteiger partial charge on any atom is 0.166 e. The quantitative estimate of drug-likeness (QED) is 0.161. The van der Waals surface area contributed by atoms with E-state index in [1.54, 1.807) is 0 Å². The van der Waals surface area contributed by atoms with Crippen LogP contribution < -0.4 is 0 Å². The van der Waals surface area contributed by atoms with Gasteiger partial charge in [0.25, 0.3) is 0 Å². The van der Waals surface area contributed by atoms with Crippen molar-refractivity contribution in [1.82, 2.24) is 24.1 Å². The largest absolute Gasteiger partial charge is 0.309 e. The van der Waals surface area contributed by atoms with E-state index in [-0.39, 0.29) is 0 Å². The van der Waals surface area contributed by atoms with E-state index < -0.39 is 0 Å². The third-order valence-corrected chi connectivity index (χ3v) is 12.2. The van der Waals surface area contributed by atoms with Gasteiger partial charge in [0.1, 0.15) is 0 Å². The van der Waals surface area contributed by atoms with Crippen molar-refractivity contribution >= 4 is 43.6 Å². The Balaban J connectivity index is 1.16. The number of fused-ring (bicyclic) bond motifs is 6. The zero-order valence-corrected chi connectivity index (χ0v) is 34.5. The summed E-state index contributed by atoms with van der Waals surface area (Å²) in [5.74, 6) is 1.82. The second-order valence-corrected chi connectivity index (χ2v) is 15.9. The number of rotatable bonds is 7. The Morgan fingerprint density at radius 1 is 0.312 bits per heavy atom. The maximum atomic E-state index is 9.53. The lowest BCUT2D eigenvalue weighted by Crippen LogP contribution is -2.04. The van der Waals surface area contributed by atoms with E-state index in [0.29, 0.717) is 23.0 Å². The van der Waals surface area contributed by atoms with E-state index in [2.05, 4.69) is 149 Å². The van der Waals surface area contributed by atoms with Crippen LogP contribution in [-0.2, 0) is 0 Å². The van der Waals surface area contributed by atoms with E-state index >= 15 is 0 Å². The molecule has 9 aromatic carbocycles. The molecule has 64 heavy (non-hydrogen) atoms. The molecule has 0 bridgehead atoms. The Bertz CT molecular complexity index is 3710. The molecule has 298 valence electrons. The second-order valence-electron chi connectivity index (χ2n) is 15.9. The summed E-state index contributed by atoms with van der Waals surface area (Å²) in [7, 11) is 0. The third-order valence-electron chi connectivity index (χ3n) is 12.2. The summed E-state index contributed by atoms with van der Waals surface area (Å²) < 4.78 is 4.81. The number of aromatic nitrogens is 5. The number of benzene rings is 9. The van der Waals surface area contributed by atoms with Crippen LogP contribution in [0.1, 0.15) is 5.56 Å². The van der Waals surface area contributed by atoms with Crippen LogP contribution in [0.2, 0.25) is 0 Å². The van der Waals surface area contributed by atoms with Gasteiger partial charge >= 0.3 is 0 Å². The van der Waals surface area contributed by atoms with Crippen molar-refractivity contribution in [1.29, 1.82) is 5.26 Å². The minimum atomic E-state index is 0.591. The predicted octanol–water partition coefficient (Wildman–Crippen LogP) is 14.3. The first kappa shape index (κ1) is 36.9. The normalized spacial score (nSPS) is 11.4. The Morgan fingerprint density at radius 2 is 0.797 bits per heavy atom. The summed E-state index contributed by atoms with van der Waals surface area (Å²) in [5, 5.41) is 14.2. The van der Waals surface area contributed by atoms with E-state index in [1.165, 1.54) is 5.39 Å². The molecule has 0 N–H and O–H groups in total. The van der Waals surface area contributed by atoms with Crippen molar-refractivity contribution in [3.8, 4) is 73.9 Å². The number of para-hydroxylation sites is 3. The summed E-state index contributed by atoms with van der Waals surface area (Å²) in [4.78, 5) is 15.4. The molecule has 12 aromatic rings. The number of hydrogen-bond donors (Lipinski definition) is 0. The average molecular weight is 817 g/mol. The Morgan fingerprint density at radius 3 is 1.44 bits per heavy atom. The van der Waals surface area contributed by atoms with Crippen molar-refractivity contribution in [3.05, 3.63) is 224 Å². The lowest BCUT2D eigenvalue weighted by atomic mass is 9.99. The van der Waals surface area contributed by atoms with Gasteiger partial charge in [0.05, 0.1) is 45.1 Å². The Labute approximate surface area is 369 Å². The summed E-state index contributed by atoms with van der Waals surface area (Å²) in [6.07, 6.45) is 0. The van der Waals surface area contributed by atoms with Gasteiger partial charge < -0.3 is 9.13 Å². The smallest absolute Gasteiger partial charge is 0.166 e. The molecule has 0 saturated carbocycles. The fourth-order valence-corrected chi connectivity index (χ4v) is 9.23. The fourth-order valence-electron chi connectivity index (χ4n) is 9.23. The van der Waals surface area contributed by atoms with E-state index in [9.17, 15) is 5.26 Å². The van der Waals surface area contributed by atoms with Gasteiger partial charge in [-0.2, -0.15) is 5.26 Å². The molecular weight excluding hydrogens is 781 g/mol. The topological polar surface area (TPSA) is 72.3 Å². The molecule has 0 saturated heterocycles. The van der Waals surface area contributed by atoms with E-state index in [1.807, 2.05) is 84.9 Å². The zero-order valence-electron chi connectivity index (χ0n) is 34.5. The number of nitrogens with zero attached hydrogens (tertiary/aromatic N) is 6. The van der Waals surface area contributed by atoms with Crippen LogP contribution in [0.15, 0.2) is 218 Å². The summed E-state index contributed by atoms with van der Waals surface area (Å²) >= 11 is 0. The molecule has 0 fully saturated rings. The monoisotopic (exact) mass is 816 g/mol. The van der Waals surface area contributed by atoms with Crippen LogP contribution in [0.25, 0.3) is 111 Å². The van der Waals surface area contributed by atoms with E-state index in [0.717, 1.165) is 88.5 Å². The predicted molar refractivity (Wildman–Crippen MR) is 260 cm³/mol. The van der Waals surface area contributed by atoms with Crippen LogP contribution in [0.5, 0.6) is 0 Å². The van der Waals surface area contributed by atoms with Crippen molar-refractivity contribution in [2.75, 3.05) is 0 Å². The van der Waals surface area contributed by atoms with Crippen LogP contribution in [0.3, 0.4) is 0 Å². The van der Waals surface area contributed by atoms with Crippen molar-refractivity contribution in [3.63, 3.8) is 0 Å². The van der Waals surface area contributed by atoms with Gasteiger partial charge in [0.2, 0.25) is 0 Å². The molecule has 3 aromatic heterocycles. The van der Waals surface area contributed by atoms with Gasteiger partial charge in [0, 0.05) is 43.8 Å². The van der Waals surface area contributed by atoms with Gasteiger partial charge in [-0.3, -0.25) is 0 Å². The lowest BCUT2D eigenvalue weighted by Gasteiger charge is -2.18. The molecule has 6 nitrogen and oxygen atoms in total. The summed E-state index contributed by atoms with van der Waals surface area (Å²) in [5.41, 5.74) is 14.1. The molecule has 0 radical (unpaired) electrons. The minimum Gasteiger partial charge on any atom is -0.309 e. The molecule has 0 aliphatic carbocycles. The van der Waals surface area contributed by atoms with Gasteiger partial charge in [-0.15, -0.1) is 0 Å². The second kappa shape index (κ2) is 15.2. The van der Waals surface area contributed by atoms with E-state index in [4.69, 9.17) is 15.0 Å². The van der Waals surface area contributed by atoms with Gasteiger partial charge in [-0.25, -0.2) is 15.0 Å². The van der Waals surface area contributed by atoms with Crippen molar-refractivity contribution < 1.29 is 0 Å². The van der Waals surface area contributed by atoms with Crippen LogP contribution >= 0.6 is 0 Å². The molecule has 12 rings (SSSR count). The van der Waals surface area contributed by atoms with Gasteiger partial charge in [-0.1, -0.05) is 164 Å². The highest BCUT2D eigenvalue weighted by Crippen LogP contribution is 2.43. The highest BCUT2D eigenvalue weighted by Gasteiger charge is 2.23.